The highest BCUT2D eigenvalue weighted by Gasteiger charge is 2.29. The van der Waals surface area contributed by atoms with E-state index in [2.05, 4.69) is 9.55 Å². The molecule has 1 aliphatic carbocycles. The van der Waals surface area contributed by atoms with Crippen molar-refractivity contribution in [3.05, 3.63) is 29.3 Å². The minimum atomic E-state index is 0.542. The molecule has 0 amide bonds. The second kappa shape index (κ2) is 5.93. The molecule has 3 heterocycles. The number of hydrogen-bond acceptors (Lipinski definition) is 3. The molecule has 22 heavy (non-hydrogen) atoms. The lowest BCUT2D eigenvalue weighted by molar-refractivity contribution is -0.928. The predicted octanol–water partition coefficient (Wildman–Crippen LogP) is 1.84. The molecule has 6 heteroatoms. The Bertz CT molecular complexity index is 695. The van der Waals surface area contributed by atoms with Crippen LogP contribution in [-0.2, 0) is 6.67 Å². The minimum absolute atomic E-state index is 0.542. The van der Waals surface area contributed by atoms with Crippen LogP contribution in [0.15, 0.2) is 24.5 Å². The molecule has 2 fully saturated rings. The van der Waals surface area contributed by atoms with Crippen LogP contribution in [-0.4, -0.2) is 32.4 Å². The quantitative estimate of drug-likeness (QED) is 0.875. The van der Waals surface area contributed by atoms with Crippen molar-refractivity contribution in [3.63, 3.8) is 0 Å². The van der Waals surface area contributed by atoms with E-state index in [1.807, 2.05) is 29.2 Å². The maximum Gasteiger partial charge on any atom is 0.203 e. The summed E-state index contributed by atoms with van der Waals surface area (Å²) in [5, 5.41) is 4.86. The normalized spacial score (nSPS) is 19.5. The molecule has 1 saturated carbocycles. The highest BCUT2D eigenvalue weighted by molar-refractivity contribution is 7.71. The molecule has 5 nitrogen and oxygen atoms in total. The smallest absolute Gasteiger partial charge is 0.203 e. The van der Waals surface area contributed by atoms with Crippen LogP contribution in [0.3, 0.4) is 0 Å². The average Bonchev–Trinajstić information content (AvgIpc) is 3.35. The Hall–Kier alpha value is -1.53. The Morgan fingerprint density at radius 1 is 1.14 bits per heavy atom. The van der Waals surface area contributed by atoms with Crippen LogP contribution in [0, 0.1) is 4.77 Å². The number of piperidine rings is 1. The van der Waals surface area contributed by atoms with Crippen LogP contribution < -0.4 is 4.90 Å². The molecule has 0 radical (unpaired) electrons. The zero-order valence-electron chi connectivity index (χ0n) is 12.7. The first-order valence-corrected chi connectivity index (χ1v) is 8.67. The molecule has 2 aliphatic rings. The van der Waals surface area contributed by atoms with E-state index in [0.717, 1.165) is 22.8 Å². The number of quaternary nitrogens is 1. The van der Waals surface area contributed by atoms with Crippen molar-refractivity contribution in [1.82, 2.24) is 19.3 Å². The monoisotopic (exact) mass is 316 g/mol. The number of hydrogen-bond donors (Lipinski definition) is 1. The summed E-state index contributed by atoms with van der Waals surface area (Å²) in [6.45, 7) is 3.38. The molecule has 0 atom stereocenters. The second-order valence-corrected chi connectivity index (χ2v) is 6.78. The van der Waals surface area contributed by atoms with E-state index in [-0.39, 0.29) is 0 Å². The summed E-state index contributed by atoms with van der Waals surface area (Å²) in [4.78, 5) is 5.71. The van der Waals surface area contributed by atoms with Gasteiger partial charge in [-0.05, 0) is 56.5 Å². The summed E-state index contributed by atoms with van der Waals surface area (Å²) < 4.78 is 5.19. The van der Waals surface area contributed by atoms with Crippen LogP contribution in [0.25, 0.3) is 11.4 Å². The van der Waals surface area contributed by atoms with Crippen LogP contribution in [0.1, 0.15) is 38.1 Å². The molecule has 2 aromatic rings. The molecule has 4 rings (SSSR count). The van der Waals surface area contributed by atoms with Crippen molar-refractivity contribution in [2.45, 2.75) is 44.8 Å². The van der Waals surface area contributed by atoms with Gasteiger partial charge in [-0.15, -0.1) is 5.10 Å². The largest absolute Gasteiger partial charge is 0.316 e. The fourth-order valence-electron chi connectivity index (χ4n) is 3.30. The van der Waals surface area contributed by atoms with Gasteiger partial charge in [0, 0.05) is 24.0 Å². The van der Waals surface area contributed by atoms with E-state index in [4.69, 9.17) is 17.3 Å². The first-order valence-electron chi connectivity index (χ1n) is 8.26. The fraction of sp³-hybridized carbons (Fsp3) is 0.562. The van der Waals surface area contributed by atoms with Crippen molar-refractivity contribution in [3.8, 4) is 11.4 Å². The zero-order valence-corrected chi connectivity index (χ0v) is 13.6. The first-order chi connectivity index (χ1) is 10.8. The van der Waals surface area contributed by atoms with Crippen molar-refractivity contribution < 1.29 is 4.90 Å². The highest BCUT2D eigenvalue weighted by atomic mass is 32.1. The number of aromatic nitrogens is 4. The maximum absolute atomic E-state index is 5.73. The van der Waals surface area contributed by atoms with Gasteiger partial charge in [0.05, 0.1) is 13.1 Å². The van der Waals surface area contributed by atoms with Crippen LogP contribution in [0.4, 0.5) is 0 Å². The Balaban J connectivity index is 1.69. The lowest BCUT2D eigenvalue weighted by atomic mass is 10.1. The van der Waals surface area contributed by atoms with Gasteiger partial charge in [0.15, 0.2) is 12.5 Å². The molecule has 0 aromatic carbocycles. The third kappa shape index (κ3) is 2.73. The molecule has 1 aliphatic heterocycles. The average molecular weight is 316 g/mol. The lowest BCUT2D eigenvalue weighted by Crippen LogP contribution is -3.12. The molecule has 1 saturated heterocycles. The van der Waals surface area contributed by atoms with Crippen LogP contribution >= 0.6 is 12.2 Å². The third-order valence-electron chi connectivity index (χ3n) is 4.66. The molecular formula is C16H22N5S+. The molecule has 0 spiro atoms. The Kier molecular flexibility index (Phi) is 3.80. The maximum atomic E-state index is 5.73. The summed E-state index contributed by atoms with van der Waals surface area (Å²) in [7, 11) is 0. The standard InChI is InChI=1S/C16H21N5S/c22-16-20(12-19-10-2-1-3-11-19)18-15(21(16)14-4-5-14)13-6-8-17-9-7-13/h6-9,14H,1-5,10-12H2/p+1. The van der Waals surface area contributed by atoms with E-state index in [1.54, 1.807) is 4.90 Å². The lowest BCUT2D eigenvalue weighted by Gasteiger charge is -2.22. The SMILES string of the molecule is S=c1n(C[NH+]2CCCCC2)nc(-c2ccncc2)n1C1CC1. The van der Waals surface area contributed by atoms with Crippen molar-refractivity contribution in [2.24, 2.45) is 0 Å². The predicted molar refractivity (Wildman–Crippen MR) is 87.1 cm³/mol. The first kappa shape index (κ1) is 14.1. The molecule has 116 valence electrons. The van der Waals surface area contributed by atoms with E-state index >= 15 is 0 Å². The van der Waals surface area contributed by atoms with Crippen LogP contribution in [0.2, 0.25) is 0 Å². The van der Waals surface area contributed by atoms with Gasteiger partial charge in [-0.1, -0.05) is 0 Å². The number of nitrogens with one attached hydrogen (secondary N) is 1. The number of likely N-dealkylation sites (tertiary alicyclic amines) is 1. The fourth-order valence-corrected chi connectivity index (χ4v) is 3.65. The number of nitrogens with zero attached hydrogens (tertiary/aromatic N) is 4. The van der Waals surface area contributed by atoms with Crippen molar-refractivity contribution in [2.75, 3.05) is 13.1 Å². The van der Waals surface area contributed by atoms with Gasteiger partial charge in [-0.3, -0.25) is 9.55 Å². The molecule has 2 aromatic heterocycles. The highest BCUT2D eigenvalue weighted by Crippen LogP contribution is 2.38. The zero-order chi connectivity index (χ0) is 14.9. The summed E-state index contributed by atoms with van der Waals surface area (Å²) in [5.41, 5.74) is 1.11. The van der Waals surface area contributed by atoms with Gasteiger partial charge in [0.2, 0.25) is 4.77 Å². The van der Waals surface area contributed by atoms with Crippen molar-refractivity contribution >= 4 is 12.2 Å². The molecule has 1 N–H and O–H groups in total. The van der Waals surface area contributed by atoms with Gasteiger partial charge in [0.1, 0.15) is 0 Å². The van der Waals surface area contributed by atoms with E-state index < -0.39 is 0 Å². The topological polar surface area (TPSA) is 40.1 Å². The van der Waals surface area contributed by atoms with Crippen molar-refractivity contribution in [1.29, 1.82) is 0 Å². The number of pyridine rings is 1. The summed E-state index contributed by atoms with van der Waals surface area (Å²) in [6, 6.07) is 4.59. The van der Waals surface area contributed by atoms with Gasteiger partial charge in [-0.25, -0.2) is 0 Å². The van der Waals surface area contributed by atoms with E-state index in [1.165, 1.54) is 45.2 Å². The third-order valence-corrected chi connectivity index (χ3v) is 5.06. The van der Waals surface area contributed by atoms with E-state index in [0.29, 0.717) is 6.04 Å². The minimum Gasteiger partial charge on any atom is -0.316 e. The summed E-state index contributed by atoms with van der Waals surface area (Å²) in [5.74, 6) is 1.01. The molecule has 0 unspecified atom stereocenters. The van der Waals surface area contributed by atoms with Gasteiger partial charge in [0.25, 0.3) is 0 Å². The van der Waals surface area contributed by atoms with E-state index in [9.17, 15) is 0 Å². The Labute approximate surface area is 135 Å². The van der Waals surface area contributed by atoms with Gasteiger partial charge < -0.3 is 4.90 Å². The van der Waals surface area contributed by atoms with Gasteiger partial charge in [-0.2, -0.15) is 4.68 Å². The molecular weight excluding hydrogens is 294 g/mol. The number of rotatable bonds is 4. The Morgan fingerprint density at radius 3 is 2.55 bits per heavy atom. The Morgan fingerprint density at radius 2 is 1.86 bits per heavy atom. The second-order valence-electron chi connectivity index (χ2n) is 6.41. The van der Waals surface area contributed by atoms with Gasteiger partial charge >= 0.3 is 0 Å². The van der Waals surface area contributed by atoms with Crippen LogP contribution in [0.5, 0.6) is 0 Å². The summed E-state index contributed by atoms with van der Waals surface area (Å²) >= 11 is 5.73. The summed E-state index contributed by atoms with van der Waals surface area (Å²) in [6.07, 6.45) is 10.1. The molecule has 0 bridgehead atoms.